The van der Waals surface area contributed by atoms with Gasteiger partial charge >= 0.3 is 0 Å². The monoisotopic (exact) mass is 254 g/mol. The Morgan fingerprint density at radius 1 is 1.50 bits per heavy atom. The van der Waals surface area contributed by atoms with Gasteiger partial charge in [0, 0.05) is 18.7 Å². The molecule has 4 unspecified atom stereocenters. The lowest BCUT2D eigenvalue weighted by Gasteiger charge is -2.23. The molecule has 0 aromatic heterocycles. The maximum atomic E-state index is 12.2. The van der Waals surface area contributed by atoms with E-state index in [1.165, 1.54) is 4.90 Å². The van der Waals surface area contributed by atoms with Gasteiger partial charge in [-0.15, -0.1) is 0 Å². The van der Waals surface area contributed by atoms with Crippen molar-refractivity contribution >= 4 is 11.8 Å². The highest BCUT2D eigenvalue weighted by Crippen LogP contribution is 2.21. The third-order valence-electron chi connectivity index (χ3n) is 4.01. The van der Waals surface area contributed by atoms with Crippen LogP contribution in [0.15, 0.2) is 0 Å². The molecule has 2 fully saturated rings. The molecule has 2 saturated heterocycles. The summed E-state index contributed by atoms with van der Waals surface area (Å²) < 4.78 is 5.46. The van der Waals surface area contributed by atoms with Gasteiger partial charge in [-0.3, -0.25) is 19.8 Å². The van der Waals surface area contributed by atoms with Crippen molar-refractivity contribution in [3.63, 3.8) is 0 Å². The predicted octanol–water partition coefficient (Wildman–Crippen LogP) is 0.679. The largest absolute Gasteiger partial charge is 0.377 e. The van der Waals surface area contributed by atoms with E-state index in [1.807, 2.05) is 20.8 Å². The lowest BCUT2D eigenvalue weighted by Crippen LogP contribution is -2.47. The summed E-state index contributed by atoms with van der Waals surface area (Å²) in [5.41, 5.74) is 0. The molecule has 0 radical (unpaired) electrons. The minimum atomic E-state index is -0.361. The highest BCUT2D eigenvalue weighted by molar-refractivity contribution is 6.05. The van der Waals surface area contributed by atoms with Gasteiger partial charge in [0.25, 0.3) is 0 Å². The minimum absolute atomic E-state index is 0.00551. The van der Waals surface area contributed by atoms with E-state index in [1.54, 1.807) is 0 Å². The predicted molar refractivity (Wildman–Crippen MR) is 67.0 cm³/mol. The first-order chi connectivity index (χ1) is 8.54. The molecule has 4 atom stereocenters. The van der Waals surface area contributed by atoms with Crippen LogP contribution in [-0.2, 0) is 14.3 Å². The molecule has 2 heterocycles. The number of amides is 2. The van der Waals surface area contributed by atoms with E-state index in [9.17, 15) is 9.59 Å². The Morgan fingerprint density at radius 3 is 2.78 bits per heavy atom. The molecule has 5 nitrogen and oxygen atoms in total. The summed E-state index contributed by atoms with van der Waals surface area (Å²) in [6.07, 6.45) is 2.10. The molecule has 1 N–H and O–H groups in total. The number of carbonyl (C=O) groups is 2. The number of ether oxygens (including phenoxy) is 1. The van der Waals surface area contributed by atoms with E-state index in [2.05, 4.69) is 5.32 Å². The Hall–Kier alpha value is -0.940. The molecule has 2 aliphatic heterocycles. The van der Waals surface area contributed by atoms with Crippen molar-refractivity contribution in [3.8, 4) is 0 Å². The summed E-state index contributed by atoms with van der Waals surface area (Å²) in [7, 11) is 0. The highest BCUT2D eigenvalue weighted by atomic mass is 16.5. The molecule has 0 aliphatic carbocycles. The summed E-state index contributed by atoms with van der Waals surface area (Å²) in [4.78, 5) is 25.5. The topological polar surface area (TPSA) is 58.6 Å². The van der Waals surface area contributed by atoms with Crippen LogP contribution in [-0.4, -0.2) is 47.6 Å². The van der Waals surface area contributed by atoms with Gasteiger partial charge in [-0.05, 0) is 26.7 Å². The summed E-state index contributed by atoms with van der Waals surface area (Å²) in [6, 6.07) is -0.182. The first-order valence-electron chi connectivity index (χ1n) is 6.78. The number of rotatable bonds is 4. The van der Waals surface area contributed by atoms with Gasteiger partial charge in [0.2, 0.25) is 11.8 Å². The quantitative estimate of drug-likeness (QED) is 0.750. The number of hydrogen-bond donors (Lipinski definition) is 1. The SMILES string of the molecule is CCC(C)N1C(=O)CC(NC2CCOC2C)C1=O. The number of hydrogen-bond acceptors (Lipinski definition) is 4. The van der Waals surface area contributed by atoms with Crippen LogP contribution >= 0.6 is 0 Å². The Balaban J connectivity index is 1.99. The van der Waals surface area contributed by atoms with Gasteiger partial charge in [0.1, 0.15) is 0 Å². The number of imide groups is 1. The second kappa shape index (κ2) is 5.36. The smallest absolute Gasteiger partial charge is 0.247 e. The standard InChI is InChI=1S/C13H22N2O3/c1-4-8(2)15-12(16)7-11(13(15)17)14-10-5-6-18-9(10)3/h8-11,14H,4-7H2,1-3H3. The fraction of sp³-hybridized carbons (Fsp3) is 0.846. The van der Waals surface area contributed by atoms with E-state index in [0.717, 1.165) is 19.4 Å². The van der Waals surface area contributed by atoms with Gasteiger partial charge in [-0.25, -0.2) is 0 Å². The van der Waals surface area contributed by atoms with E-state index in [4.69, 9.17) is 4.74 Å². The van der Waals surface area contributed by atoms with Crippen LogP contribution in [0.1, 0.15) is 40.0 Å². The molecule has 102 valence electrons. The minimum Gasteiger partial charge on any atom is -0.377 e. The van der Waals surface area contributed by atoms with Crippen LogP contribution in [0.25, 0.3) is 0 Å². The Bertz CT molecular complexity index is 345. The zero-order valence-corrected chi connectivity index (χ0v) is 11.3. The van der Waals surface area contributed by atoms with Crippen LogP contribution < -0.4 is 5.32 Å². The summed E-state index contributed by atoms with van der Waals surface area (Å²) in [5.74, 6) is -0.133. The molecule has 5 heteroatoms. The number of nitrogens with one attached hydrogen (secondary N) is 1. The van der Waals surface area contributed by atoms with Crippen molar-refractivity contribution < 1.29 is 14.3 Å². The molecule has 0 spiro atoms. The first kappa shape index (κ1) is 13.5. The maximum Gasteiger partial charge on any atom is 0.247 e. The molecule has 0 aromatic rings. The Kier molecular flexibility index (Phi) is 4.02. The first-order valence-corrected chi connectivity index (χ1v) is 6.78. The lowest BCUT2D eigenvalue weighted by atomic mass is 10.1. The number of nitrogens with zero attached hydrogens (tertiary/aromatic N) is 1. The summed E-state index contributed by atoms with van der Waals surface area (Å²) in [5, 5.41) is 3.28. The summed E-state index contributed by atoms with van der Waals surface area (Å²) in [6.45, 7) is 6.62. The summed E-state index contributed by atoms with van der Waals surface area (Å²) >= 11 is 0. The zero-order valence-electron chi connectivity index (χ0n) is 11.3. The van der Waals surface area contributed by atoms with E-state index in [-0.39, 0.29) is 42.5 Å². The average molecular weight is 254 g/mol. The van der Waals surface area contributed by atoms with Crippen molar-refractivity contribution in [2.24, 2.45) is 0 Å². The number of carbonyl (C=O) groups excluding carboxylic acids is 2. The lowest BCUT2D eigenvalue weighted by molar-refractivity contribution is -0.141. The second-order valence-electron chi connectivity index (χ2n) is 5.25. The van der Waals surface area contributed by atoms with Crippen molar-refractivity contribution in [1.82, 2.24) is 10.2 Å². The molecule has 2 aliphatic rings. The van der Waals surface area contributed by atoms with Crippen molar-refractivity contribution in [2.45, 2.75) is 64.3 Å². The highest BCUT2D eigenvalue weighted by Gasteiger charge is 2.42. The average Bonchev–Trinajstić information content (AvgIpc) is 2.85. The van der Waals surface area contributed by atoms with Crippen LogP contribution in [0.4, 0.5) is 0 Å². The van der Waals surface area contributed by atoms with Gasteiger partial charge < -0.3 is 4.74 Å². The molecule has 2 rings (SSSR count). The fourth-order valence-electron chi connectivity index (χ4n) is 2.64. The third kappa shape index (κ3) is 2.42. The van der Waals surface area contributed by atoms with Gasteiger partial charge in [-0.1, -0.05) is 6.92 Å². The van der Waals surface area contributed by atoms with Crippen LogP contribution in [0.3, 0.4) is 0 Å². The van der Waals surface area contributed by atoms with Crippen molar-refractivity contribution in [1.29, 1.82) is 0 Å². The van der Waals surface area contributed by atoms with Gasteiger partial charge in [-0.2, -0.15) is 0 Å². The normalized spacial score (nSPS) is 34.4. The fourth-order valence-corrected chi connectivity index (χ4v) is 2.64. The maximum absolute atomic E-state index is 12.2. The van der Waals surface area contributed by atoms with Gasteiger partial charge in [0.15, 0.2) is 0 Å². The molecule has 2 amide bonds. The molecule has 0 bridgehead atoms. The van der Waals surface area contributed by atoms with Crippen LogP contribution in [0.2, 0.25) is 0 Å². The molecular formula is C13H22N2O3. The van der Waals surface area contributed by atoms with Crippen molar-refractivity contribution in [2.75, 3.05) is 6.61 Å². The van der Waals surface area contributed by atoms with Crippen LogP contribution in [0.5, 0.6) is 0 Å². The van der Waals surface area contributed by atoms with E-state index < -0.39 is 0 Å². The van der Waals surface area contributed by atoms with E-state index in [0.29, 0.717) is 0 Å². The Labute approximate surface area is 108 Å². The molecule has 0 saturated carbocycles. The third-order valence-corrected chi connectivity index (χ3v) is 4.01. The van der Waals surface area contributed by atoms with Gasteiger partial charge in [0.05, 0.1) is 18.6 Å². The molecular weight excluding hydrogens is 232 g/mol. The Morgan fingerprint density at radius 2 is 2.22 bits per heavy atom. The van der Waals surface area contributed by atoms with E-state index >= 15 is 0 Å². The second-order valence-corrected chi connectivity index (χ2v) is 5.25. The van der Waals surface area contributed by atoms with Crippen LogP contribution in [0, 0.1) is 0 Å². The molecule has 0 aromatic carbocycles. The zero-order chi connectivity index (χ0) is 13.3. The number of likely N-dealkylation sites (tertiary alicyclic amines) is 1. The van der Waals surface area contributed by atoms with Crippen molar-refractivity contribution in [3.05, 3.63) is 0 Å². The molecule has 18 heavy (non-hydrogen) atoms.